The van der Waals surface area contributed by atoms with Crippen LogP contribution >= 0.6 is 0 Å². The maximum absolute atomic E-state index is 12.6. The number of rotatable bonds is 6. The number of aryl methyl sites for hydroxylation is 1. The Morgan fingerprint density at radius 1 is 1.10 bits per heavy atom. The van der Waals surface area contributed by atoms with Gasteiger partial charge < -0.3 is 15.3 Å². The molecule has 1 aliphatic rings. The molecular formula is C23H29N3O3. The summed E-state index contributed by atoms with van der Waals surface area (Å²) in [4.78, 5) is 28.9. The highest BCUT2D eigenvalue weighted by Crippen LogP contribution is 2.24. The standard InChI is InChI=1S/C23H29N3O3/c1-17-7-3-4-8-19(17)15-25(2)22(28)16-26-13-11-18(12-14-26)23(29)24-20-9-5-6-10-21(20)27/h3-10,18,27H,11-16H2,1-2H3,(H,24,29). The molecular weight excluding hydrogens is 366 g/mol. The van der Waals surface area contributed by atoms with Gasteiger partial charge in [-0.3, -0.25) is 14.5 Å². The van der Waals surface area contributed by atoms with Gasteiger partial charge in [0.25, 0.3) is 0 Å². The van der Waals surface area contributed by atoms with E-state index in [4.69, 9.17) is 0 Å². The van der Waals surface area contributed by atoms with Crippen LogP contribution in [-0.2, 0) is 16.1 Å². The number of nitrogens with one attached hydrogen (secondary N) is 1. The highest BCUT2D eigenvalue weighted by molar-refractivity contribution is 5.93. The first kappa shape index (κ1) is 20.9. The smallest absolute Gasteiger partial charge is 0.236 e. The number of phenolic OH excluding ortho intramolecular Hbond substituents is 1. The average Bonchev–Trinajstić information content (AvgIpc) is 2.72. The van der Waals surface area contributed by atoms with Crippen molar-refractivity contribution >= 4 is 17.5 Å². The molecule has 3 rings (SSSR count). The maximum atomic E-state index is 12.6. The minimum Gasteiger partial charge on any atom is -0.506 e. The van der Waals surface area contributed by atoms with Crippen molar-refractivity contribution < 1.29 is 14.7 Å². The van der Waals surface area contributed by atoms with E-state index in [1.165, 1.54) is 5.56 Å². The van der Waals surface area contributed by atoms with Crippen LogP contribution in [0.3, 0.4) is 0 Å². The zero-order chi connectivity index (χ0) is 20.8. The van der Waals surface area contributed by atoms with E-state index in [0.29, 0.717) is 44.7 Å². The van der Waals surface area contributed by atoms with E-state index < -0.39 is 0 Å². The Labute approximate surface area is 172 Å². The Morgan fingerprint density at radius 3 is 2.45 bits per heavy atom. The molecule has 0 spiro atoms. The van der Waals surface area contributed by atoms with Crippen molar-refractivity contribution in [2.24, 2.45) is 5.92 Å². The van der Waals surface area contributed by atoms with E-state index in [1.807, 2.05) is 25.2 Å². The van der Waals surface area contributed by atoms with Crippen LogP contribution in [0.5, 0.6) is 5.75 Å². The van der Waals surface area contributed by atoms with Crippen molar-refractivity contribution in [1.82, 2.24) is 9.80 Å². The molecule has 0 bridgehead atoms. The van der Waals surface area contributed by atoms with Gasteiger partial charge in [0.05, 0.1) is 12.2 Å². The summed E-state index contributed by atoms with van der Waals surface area (Å²) in [7, 11) is 1.83. The number of phenols is 1. The SMILES string of the molecule is Cc1ccccc1CN(C)C(=O)CN1CCC(C(=O)Nc2ccccc2O)CC1. The van der Waals surface area contributed by atoms with Gasteiger partial charge >= 0.3 is 0 Å². The van der Waals surface area contributed by atoms with E-state index in [0.717, 1.165) is 5.56 Å². The molecule has 2 aromatic carbocycles. The lowest BCUT2D eigenvalue weighted by atomic mass is 9.95. The fourth-order valence-corrected chi connectivity index (χ4v) is 3.61. The van der Waals surface area contributed by atoms with Crippen molar-refractivity contribution in [3.8, 4) is 5.75 Å². The summed E-state index contributed by atoms with van der Waals surface area (Å²) in [5.74, 6) is -0.0225. The molecule has 1 heterocycles. The molecule has 2 aromatic rings. The highest BCUT2D eigenvalue weighted by Gasteiger charge is 2.27. The molecule has 1 aliphatic heterocycles. The van der Waals surface area contributed by atoms with Crippen LogP contribution < -0.4 is 5.32 Å². The molecule has 2 N–H and O–H groups in total. The number of nitrogens with zero attached hydrogens (tertiary/aromatic N) is 2. The quantitative estimate of drug-likeness (QED) is 0.738. The van der Waals surface area contributed by atoms with Gasteiger partial charge in [0, 0.05) is 19.5 Å². The van der Waals surface area contributed by atoms with Gasteiger partial charge in [-0.2, -0.15) is 0 Å². The van der Waals surface area contributed by atoms with Crippen LogP contribution in [0.1, 0.15) is 24.0 Å². The lowest BCUT2D eigenvalue weighted by Gasteiger charge is -2.32. The predicted octanol–water partition coefficient (Wildman–Crippen LogP) is 3.01. The molecule has 0 radical (unpaired) electrons. The van der Waals surface area contributed by atoms with E-state index in [9.17, 15) is 14.7 Å². The molecule has 0 saturated carbocycles. The summed E-state index contributed by atoms with van der Waals surface area (Å²) < 4.78 is 0. The number of carbonyl (C=O) groups excluding carboxylic acids is 2. The second-order valence-electron chi connectivity index (χ2n) is 7.73. The first-order valence-corrected chi connectivity index (χ1v) is 10.0. The minimum atomic E-state index is -0.106. The third-order valence-corrected chi connectivity index (χ3v) is 5.57. The van der Waals surface area contributed by atoms with Gasteiger partial charge in [-0.1, -0.05) is 36.4 Å². The molecule has 6 heteroatoms. The number of likely N-dealkylation sites (tertiary alicyclic amines) is 1. The summed E-state index contributed by atoms with van der Waals surface area (Å²) in [5.41, 5.74) is 2.78. The zero-order valence-electron chi connectivity index (χ0n) is 17.1. The monoisotopic (exact) mass is 395 g/mol. The summed E-state index contributed by atoms with van der Waals surface area (Å²) in [5, 5.41) is 12.6. The molecule has 0 aliphatic carbocycles. The molecule has 1 fully saturated rings. The first-order chi connectivity index (χ1) is 13.9. The van der Waals surface area contributed by atoms with Crippen LogP contribution in [0.4, 0.5) is 5.69 Å². The van der Waals surface area contributed by atoms with E-state index >= 15 is 0 Å². The number of aromatic hydroxyl groups is 1. The van der Waals surface area contributed by atoms with Gasteiger partial charge in [0.2, 0.25) is 11.8 Å². The Bertz CT molecular complexity index is 860. The highest BCUT2D eigenvalue weighted by atomic mass is 16.3. The van der Waals surface area contributed by atoms with E-state index in [-0.39, 0.29) is 23.5 Å². The van der Waals surface area contributed by atoms with Gasteiger partial charge in [-0.05, 0) is 56.1 Å². The fraction of sp³-hybridized carbons (Fsp3) is 0.391. The Hall–Kier alpha value is -2.86. The topological polar surface area (TPSA) is 72.9 Å². The van der Waals surface area contributed by atoms with Crippen LogP contribution in [0.25, 0.3) is 0 Å². The number of likely N-dealkylation sites (N-methyl/N-ethyl adjacent to an activating group) is 1. The van der Waals surface area contributed by atoms with Crippen LogP contribution in [0.15, 0.2) is 48.5 Å². The Kier molecular flexibility index (Phi) is 6.88. The average molecular weight is 396 g/mol. The Morgan fingerprint density at radius 2 is 1.76 bits per heavy atom. The summed E-state index contributed by atoms with van der Waals surface area (Å²) in [6.45, 7) is 4.45. The second-order valence-corrected chi connectivity index (χ2v) is 7.73. The number of anilines is 1. The predicted molar refractivity (Wildman–Crippen MR) is 114 cm³/mol. The number of carbonyl (C=O) groups is 2. The Balaban J connectivity index is 1.45. The summed E-state index contributed by atoms with van der Waals surface area (Å²) in [6, 6.07) is 14.8. The molecule has 2 amide bonds. The summed E-state index contributed by atoms with van der Waals surface area (Å²) >= 11 is 0. The first-order valence-electron chi connectivity index (χ1n) is 10.0. The minimum absolute atomic E-state index is 0.0700. The van der Waals surface area contributed by atoms with Crippen molar-refractivity contribution in [1.29, 1.82) is 0 Å². The number of hydrogen-bond acceptors (Lipinski definition) is 4. The van der Waals surface area contributed by atoms with Gasteiger partial charge in [0.15, 0.2) is 0 Å². The van der Waals surface area contributed by atoms with Crippen LogP contribution in [0, 0.1) is 12.8 Å². The number of benzene rings is 2. The van der Waals surface area contributed by atoms with Gasteiger partial charge in [-0.25, -0.2) is 0 Å². The third kappa shape index (κ3) is 5.57. The van der Waals surface area contributed by atoms with Crippen LogP contribution in [-0.4, -0.2) is 53.4 Å². The zero-order valence-corrected chi connectivity index (χ0v) is 17.1. The normalized spacial score (nSPS) is 15.1. The largest absolute Gasteiger partial charge is 0.506 e. The van der Waals surface area contributed by atoms with Gasteiger partial charge in [-0.15, -0.1) is 0 Å². The van der Waals surface area contributed by atoms with Crippen molar-refractivity contribution in [3.05, 3.63) is 59.7 Å². The molecule has 154 valence electrons. The lowest BCUT2D eigenvalue weighted by molar-refractivity contribution is -0.132. The number of piperidine rings is 1. The molecule has 29 heavy (non-hydrogen) atoms. The number of para-hydroxylation sites is 2. The third-order valence-electron chi connectivity index (χ3n) is 5.57. The van der Waals surface area contributed by atoms with Crippen molar-refractivity contribution in [2.45, 2.75) is 26.3 Å². The molecule has 1 saturated heterocycles. The van der Waals surface area contributed by atoms with E-state index in [1.54, 1.807) is 29.2 Å². The van der Waals surface area contributed by atoms with Crippen LogP contribution in [0.2, 0.25) is 0 Å². The van der Waals surface area contributed by atoms with Gasteiger partial charge in [0.1, 0.15) is 5.75 Å². The summed E-state index contributed by atoms with van der Waals surface area (Å²) in [6.07, 6.45) is 1.41. The molecule has 0 aromatic heterocycles. The van der Waals surface area contributed by atoms with Crippen molar-refractivity contribution in [2.75, 3.05) is 32.0 Å². The second kappa shape index (κ2) is 9.56. The lowest BCUT2D eigenvalue weighted by Crippen LogP contribution is -2.43. The van der Waals surface area contributed by atoms with Crippen molar-refractivity contribution in [3.63, 3.8) is 0 Å². The fourth-order valence-electron chi connectivity index (χ4n) is 3.61. The molecule has 0 atom stereocenters. The molecule has 6 nitrogen and oxygen atoms in total. The maximum Gasteiger partial charge on any atom is 0.236 e. The molecule has 0 unspecified atom stereocenters. The van der Waals surface area contributed by atoms with E-state index in [2.05, 4.69) is 23.2 Å². The number of hydrogen-bond donors (Lipinski definition) is 2. The number of amides is 2.